The quantitative estimate of drug-likeness (QED) is 0.793. The van der Waals surface area contributed by atoms with Crippen molar-refractivity contribution in [2.75, 3.05) is 57.4 Å². The van der Waals surface area contributed by atoms with E-state index in [1.165, 1.54) is 6.07 Å². The van der Waals surface area contributed by atoms with E-state index in [1.54, 1.807) is 13.0 Å². The summed E-state index contributed by atoms with van der Waals surface area (Å²) in [5, 5.41) is 0. The topological polar surface area (TPSA) is 45.3 Å². The lowest BCUT2D eigenvalue weighted by atomic mass is 10.0. The van der Waals surface area contributed by atoms with Gasteiger partial charge in [0.25, 0.3) is 5.91 Å². The molecule has 2 fully saturated rings. The zero-order valence-corrected chi connectivity index (χ0v) is 16.4. The molecule has 0 bridgehead atoms. The average Bonchev–Trinajstić information content (AvgIpc) is 2.74. The SMILES string of the molecule is CC1=C(C(=O)N2CCC[C@@H](N3CCN(c4ccccc4F)CC3)C2)OCCO1. The van der Waals surface area contributed by atoms with Crippen LogP contribution in [0.15, 0.2) is 35.8 Å². The molecule has 0 unspecified atom stereocenters. The molecule has 0 spiro atoms. The standard InChI is InChI=1S/C21H28FN3O3/c1-16-20(28-14-13-27-16)21(26)25-8-4-5-17(15-25)23-9-11-24(12-10-23)19-7-3-2-6-18(19)22/h2-3,6-7,17H,4-5,8-15H2,1H3/t17-/m1/s1. The van der Waals surface area contributed by atoms with Crippen molar-refractivity contribution in [3.8, 4) is 0 Å². The van der Waals surface area contributed by atoms with Gasteiger partial charge in [0, 0.05) is 45.3 Å². The molecule has 0 aliphatic carbocycles. The molecule has 3 heterocycles. The first-order valence-electron chi connectivity index (χ1n) is 10.1. The first kappa shape index (κ1) is 19.1. The van der Waals surface area contributed by atoms with Crippen LogP contribution in [-0.2, 0) is 14.3 Å². The third kappa shape index (κ3) is 3.94. The number of ether oxygens (including phenoxy) is 2. The van der Waals surface area contributed by atoms with Crippen LogP contribution in [0, 0.1) is 5.82 Å². The van der Waals surface area contributed by atoms with Crippen LogP contribution < -0.4 is 4.90 Å². The molecule has 1 atom stereocenters. The van der Waals surface area contributed by atoms with Gasteiger partial charge in [0.2, 0.25) is 5.76 Å². The zero-order chi connectivity index (χ0) is 19.5. The molecule has 3 aliphatic heterocycles. The van der Waals surface area contributed by atoms with Crippen molar-refractivity contribution in [2.45, 2.75) is 25.8 Å². The molecule has 1 aromatic carbocycles. The summed E-state index contributed by atoms with van der Waals surface area (Å²) < 4.78 is 25.1. The van der Waals surface area contributed by atoms with Gasteiger partial charge in [-0.1, -0.05) is 12.1 Å². The van der Waals surface area contributed by atoms with Gasteiger partial charge >= 0.3 is 0 Å². The predicted octanol–water partition coefficient (Wildman–Crippen LogP) is 2.22. The second-order valence-corrected chi connectivity index (χ2v) is 7.60. The Bertz CT molecular complexity index is 746. The fourth-order valence-corrected chi connectivity index (χ4v) is 4.34. The Kier molecular flexibility index (Phi) is 5.71. The van der Waals surface area contributed by atoms with E-state index in [0.717, 1.165) is 45.6 Å². The Morgan fingerprint density at radius 1 is 1.07 bits per heavy atom. The maximum absolute atomic E-state index is 14.0. The summed E-state index contributed by atoms with van der Waals surface area (Å²) in [5.41, 5.74) is 0.680. The number of halogens is 1. The molecule has 0 radical (unpaired) electrons. The maximum atomic E-state index is 14.0. The number of hydrogen-bond donors (Lipinski definition) is 0. The molecule has 4 rings (SSSR count). The highest BCUT2D eigenvalue weighted by Gasteiger charge is 2.33. The Labute approximate surface area is 165 Å². The van der Waals surface area contributed by atoms with E-state index in [-0.39, 0.29) is 11.7 Å². The zero-order valence-electron chi connectivity index (χ0n) is 16.4. The predicted molar refractivity (Wildman–Crippen MR) is 104 cm³/mol. The summed E-state index contributed by atoms with van der Waals surface area (Å²) in [6.45, 7) is 7.52. The summed E-state index contributed by atoms with van der Waals surface area (Å²) in [6, 6.07) is 7.30. The highest BCUT2D eigenvalue weighted by Crippen LogP contribution is 2.24. The van der Waals surface area contributed by atoms with Crippen molar-refractivity contribution in [2.24, 2.45) is 0 Å². The Morgan fingerprint density at radius 3 is 2.57 bits per heavy atom. The highest BCUT2D eigenvalue weighted by atomic mass is 19.1. The van der Waals surface area contributed by atoms with Gasteiger partial charge in [-0.2, -0.15) is 0 Å². The number of rotatable bonds is 3. The number of carbonyl (C=O) groups is 1. The Hall–Kier alpha value is -2.28. The minimum Gasteiger partial charge on any atom is -0.491 e. The number of allylic oxidation sites excluding steroid dienone is 1. The number of likely N-dealkylation sites (tertiary alicyclic amines) is 1. The molecule has 0 N–H and O–H groups in total. The molecule has 2 saturated heterocycles. The van der Waals surface area contributed by atoms with E-state index in [9.17, 15) is 9.18 Å². The summed E-state index contributed by atoms with van der Waals surface area (Å²) in [7, 11) is 0. The second kappa shape index (κ2) is 8.39. The van der Waals surface area contributed by atoms with E-state index in [0.29, 0.717) is 43.0 Å². The van der Waals surface area contributed by atoms with Crippen molar-refractivity contribution in [1.29, 1.82) is 0 Å². The van der Waals surface area contributed by atoms with Crippen LogP contribution in [0.3, 0.4) is 0 Å². The van der Waals surface area contributed by atoms with Gasteiger partial charge in [-0.05, 0) is 31.9 Å². The van der Waals surface area contributed by atoms with Crippen LogP contribution >= 0.6 is 0 Å². The molecular formula is C21H28FN3O3. The molecule has 3 aliphatic rings. The van der Waals surface area contributed by atoms with Crippen molar-refractivity contribution in [3.05, 3.63) is 41.6 Å². The first-order chi connectivity index (χ1) is 13.6. The van der Waals surface area contributed by atoms with Gasteiger partial charge in [0.15, 0.2) is 0 Å². The van der Waals surface area contributed by atoms with Gasteiger partial charge in [-0.25, -0.2) is 4.39 Å². The van der Waals surface area contributed by atoms with Crippen LogP contribution in [0.4, 0.5) is 10.1 Å². The molecule has 7 heteroatoms. The molecule has 152 valence electrons. The van der Waals surface area contributed by atoms with E-state index in [2.05, 4.69) is 9.80 Å². The van der Waals surface area contributed by atoms with Crippen LogP contribution in [-0.4, -0.2) is 74.2 Å². The van der Waals surface area contributed by atoms with Crippen LogP contribution in [0.1, 0.15) is 19.8 Å². The fourth-order valence-electron chi connectivity index (χ4n) is 4.34. The number of hydrogen-bond acceptors (Lipinski definition) is 5. The highest BCUT2D eigenvalue weighted by molar-refractivity contribution is 5.92. The van der Waals surface area contributed by atoms with E-state index >= 15 is 0 Å². The van der Waals surface area contributed by atoms with Gasteiger partial charge in [0.05, 0.1) is 5.69 Å². The number of nitrogens with zero attached hydrogens (tertiary/aromatic N) is 3. The number of amides is 1. The lowest BCUT2D eigenvalue weighted by Gasteiger charge is -2.44. The number of carbonyl (C=O) groups excluding carboxylic acids is 1. The molecule has 1 aromatic rings. The lowest BCUT2D eigenvalue weighted by molar-refractivity contribution is -0.135. The second-order valence-electron chi connectivity index (χ2n) is 7.60. The largest absolute Gasteiger partial charge is 0.491 e. The van der Waals surface area contributed by atoms with Crippen LogP contribution in [0.2, 0.25) is 0 Å². The van der Waals surface area contributed by atoms with Gasteiger partial charge in [-0.15, -0.1) is 0 Å². The maximum Gasteiger partial charge on any atom is 0.292 e. The summed E-state index contributed by atoms with van der Waals surface area (Å²) in [5.74, 6) is 0.712. The average molecular weight is 389 g/mol. The van der Waals surface area contributed by atoms with Crippen molar-refractivity contribution < 1.29 is 18.7 Å². The molecule has 0 aromatic heterocycles. The minimum absolute atomic E-state index is 0.0631. The van der Waals surface area contributed by atoms with E-state index < -0.39 is 0 Å². The fraction of sp³-hybridized carbons (Fsp3) is 0.571. The molecular weight excluding hydrogens is 361 g/mol. The summed E-state index contributed by atoms with van der Waals surface area (Å²) in [6.07, 6.45) is 2.07. The lowest BCUT2D eigenvalue weighted by Crippen LogP contribution is -2.56. The molecule has 0 saturated carbocycles. The first-order valence-corrected chi connectivity index (χ1v) is 10.1. The van der Waals surface area contributed by atoms with E-state index in [1.807, 2.05) is 17.0 Å². The number of benzene rings is 1. The Balaban J connectivity index is 1.35. The van der Waals surface area contributed by atoms with E-state index in [4.69, 9.17) is 9.47 Å². The number of piperazine rings is 1. The van der Waals surface area contributed by atoms with Gasteiger partial charge in [0.1, 0.15) is 24.8 Å². The Morgan fingerprint density at radius 2 is 1.82 bits per heavy atom. The van der Waals surface area contributed by atoms with Crippen LogP contribution in [0.25, 0.3) is 0 Å². The molecule has 6 nitrogen and oxygen atoms in total. The summed E-state index contributed by atoms with van der Waals surface area (Å²) in [4.78, 5) is 19.3. The summed E-state index contributed by atoms with van der Waals surface area (Å²) >= 11 is 0. The van der Waals surface area contributed by atoms with Crippen molar-refractivity contribution in [1.82, 2.24) is 9.80 Å². The third-order valence-corrected chi connectivity index (χ3v) is 5.87. The smallest absolute Gasteiger partial charge is 0.292 e. The van der Waals surface area contributed by atoms with Crippen molar-refractivity contribution in [3.63, 3.8) is 0 Å². The molecule has 1 amide bonds. The third-order valence-electron chi connectivity index (χ3n) is 5.87. The number of anilines is 1. The van der Waals surface area contributed by atoms with Gasteiger partial charge < -0.3 is 19.3 Å². The van der Waals surface area contributed by atoms with Crippen LogP contribution in [0.5, 0.6) is 0 Å². The normalized spacial score (nSPS) is 24.0. The van der Waals surface area contributed by atoms with Crippen molar-refractivity contribution >= 4 is 11.6 Å². The number of para-hydroxylation sites is 1. The monoisotopic (exact) mass is 389 g/mol. The molecule has 28 heavy (non-hydrogen) atoms. The minimum atomic E-state index is -0.163. The van der Waals surface area contributed by atoms with Gasteiger partial charge in [-0.3, -0.25) is 9.69 Å². The number of piperidine rings is 1.